The van der Waals surface area contributed by atoms with E-state index in [0.29, 0.717) is 0 Å². The van der Waals surface area contributed by atoms with Crippen LogP contribution in [0.4, 0.5) is 0 Å². The first kappa shape index (κ1) is 29.6. The van der Waals surface area contributed by atoms with Crippen LogP contribution in [0.1, 0.15) is 59.1 Å². The number of nitrogens with zero attached hydrogens (tertiary/aromatic N) is 3. The van der Waals surface area contributed by atoms with Crippen LogP contribution in [0.3, 0.4) is 0 Å². The molecule has 0 saturated carbocycles. The zero-order valence-corrected chi connectivity index (χ0v) is 26.2. The Bertz CT molecular complexity index is 1810. The molecule has 6 heteroatoms. The molecular formula is C34H36IrN3O2-. The molecule has 1 radical (unpaired) electrons. The fourth-order valence-electron chi connectivity index (χ4n) is 5.71. The minimum absolute atomic E-state index is 0. The molecule has 0 bridgehead atoms. The Hall–Kier alpha value is -3.34. The van der Waals surface area contributed by atoms with Crippen LogP contribution < -0.4 is 0 Å². The number of carbonyl (C=O) groups excluding carboxylic acids is 1. The quantitative estimate of drug-likeness (QED) is 0.0592. The van der Waals surface area contributed by atoms with Gasteiger partial charge in [0.2, 0.25) is 0 Å². The summed E-state index contributed by atoms with van der Waals surface area (Å²) in [5.74, 6) is 0.547. The largest absolute Gasteiger partial charge is 0.512 e. The summed E-state index contributed by atoms with van der Waals surface area (Å²) in [6.07, 6.45) is 6.79. The van der Waals surface area contributed by atoms with Gasteiger partial charge in [0.15, 0.2) is 5.78 Å². The predicted octanol–water partition coefficient (Wildman–Crippen LogP) is 8.76. The third-order valence-electron chi connectivity index (χ3n) is 8.03. The minimum Gasteiger partial charge on any atom is -0.512 e. The number of hydrogen-bond donors (Lipinski definition) is 1. The van der Waals surface area contributed by atoms with E-state index in [1.54, 1.807) is 0 Å². The van der Waals surface area contributed by atoms with Crippen molar-refractivity contribution in [3.63, 3.8) is 0 Å². The van der Waals surface area contributed by atoms with Crippen LogP contribution in [0.2, 0.25) is 0 Å². The molecule has 209 valence electrons. The van der Waals surface area contributed by atoms with Crippen LogP contribution >= 0.6 is 0 Å². The molecule has 0 aliphatic rings. The van der Waals surface area contributed by atoms with Crippen molar-refractivity contribution in [2.45, 2.75) is 60.3 Å². The van der Waals surface area contributed by atoms with E-state index in [2.05, 4.69) is 65.9 Å². The third kappa shape index (κ3) is 5.23. The number of ketones is 1. The van der Waals surface area contributed by atoms with Gasteiger partial charge in [-0.3, -0.25) is 9.78 Å². The molecule has 5 nitrogen and oxygen atoms in total. The zero-order valence-electron chi connectivity index (χ0n) is 23.8. The number of aryl methyl sites for hydroxylation is 1. The number of rotatable bonds is 7. The molecule has 0 unspecified atom stereocenters. The van der Waals surface area contributed by atoms with Crippen molar-refractivity contribution in [1.82, 2.24) is 14.4 Å². The Balaban J connectivity index is 0.000000204. The van der Waals surface area contributed by atoms with E-state index in [1.165, 1.54) is 16.8 Å². The predicted molar refractivity (Wildman–Crippen MR) is 162 cm³/mol. The first-order valence-electron chi connectivity index (χ1n) is 14.1. The Morgan fingerprint density at radius 2 is 1.65 bits per heavy atom. The van der Waals surface area contributed by atoms with Crippen LogP contribution in [0.15, 0.2) is 66.6 Å². The van der Waals surface area contributed by atoms with Gasteiger partial charge in [-0.05, 0) is 56.2 Å². The van der Waals surface area contributed by atoms with Crippen LogP contribution in [-0.4, -0.2) is 25.3 Å². The topological polar surface area (TPSA) is 67.5 Å². The van der Waals surface area contributed by atoms with Crippen molar-refractivity contribution in [3.8, 4) is 0 Å². The molecule has 0 amide bonds. The fraction of sp³-hybridized carbons (Fsp3) is 0.324. The molecule has 0 aliphatic heterocycles. The molecule has 0 aliphatic carbocycles. The molecule has 40 heavy (non-hydrogen) atoms. The van der Waals surface area contributed by atoms with Gasteiger partial charge in [0.25, 0.3) is 0 Å². The van der Waals surface area contributed by atoms with Gasteiger partial charge in [-0.1, -0.05) is 62.1 Å². The van der Waals surface area contributed by atoms with E-state index in [-0.39, 0.29) is 43.5 Å². The number of aliphatic hydroxyl groups excluding tert-OH is 1. The molecule has 2 aromatic carbocycles. The summed E-state index contributed by atoms with van der Waals surface area (Å²) in [6.45, 7) is 10.1. The Kier molecular flexibility index (Phi) is 9.22. The zero-order chi connectivity index (χ0) is 27.7. The normalized spacial score (nSPS) is 12.1. The van der Waals surface area contributed by atoms with Gasteiger partial charge in [-0.15, -0.1) is 23.6 Å². The number of hydrogen-bond acceptors (Lipinski definition) is 4. The van der Waals surface area contributed by atoms with Crippen molar-refractivity contribution in [2.75, 3.05) is 0 Å². The molecule has 6 rings (SSSR count). The molecule has 0 saturated heterocycles. The summed E-state index contributed by atoms with van der Waals surface area (Å²) in [6, 6.07) is 20.5. The third-order valence-corrected chi connectivity index (χ3v) is 8.03. The summed E-state index contributed by atoms with van der Waals surface area (Å²) >= 11 is 0. The molecule has 0 fully saturated rings. The summed E-state index contributed by atoms with van der Waals surface area (Å²) in [5.41, 5.74) is 5.30. The SMILES string of the molecule is CCC(CC)C(=O)/C=C(\O)C(CC)CC.Cc1nc2ccc3ccnc4c5[c-]c6ccccc6cc5c1n2c34.[Ir]. The Labute approximate surface area is 249 Å². The smallest absolute Gasteiger partial charge is 0.162 e. The number of imidazole rings is 1. The first-order valence-corrected chi connectivity index (χ1v) is 14.1. The summed E-state index contributed by atoms with van der Waals surface area (Å²) in [7, 11) is 0. The standard InChI is InChI=1S/C21H12N3.C13H24O2.Ir/c1-12-20-17-11-15-5-3-2-4-14(15)10-16(17)19-21-13(8-9-22-19)6-7-18(23-12)24(20)21;1-5-10(6-2)12(14)9-13(15)11(7-3)8-4;/h2-9,11H,1H3;9-11,14H,5-8H2,1-4H3;/q-1;;/b;12-9-;. The monoisotopic (exact) mass is 711 g/mol. The molecule has 1 N–H and O–H groups in total. The molecule has 4 heterocycles. The van der Waals surface area contributed by atoms with Crippen molar-refractivity contribution >= 4 is 54.9 Å². The number of allylic oxidation sites excluding steroid dienone is 2. The maximum atomic E-state index is 11.7. The van der Waals surface area contributed by atoms with Crippen molar-refractivity contribution in [1.29, 1.82) is 0 Å². The van der Waals surface area contributed by atoms with E-state index in [0.717, 1.165) is 69.7 Å². The fourth-order valence-corrected chi connectivity index (χ4v) is 5.71. The number of fused-ring (bicyclic) bond motifs is 4. The van der Waals surface area contributed by atoms with Crippen LogP contribution in [0.5, 0.6) is 0 Å². The van der Waals surface area contributed by atoms with E-state index in [9.17, 15) is 9.90 Å². The van der Waals surface area contributed by atoms with Gasteiger partial charge in [0, 0.05) is 60.8 Å². The van der Waals surface area contributed by atoms with Crippen LogP contribution in [-0.2, 0) is 24.9 Å². The summed E-state index contributed by atoms with van der Waals surface area (Å²) in [5, 5.41) is 15.5. The van der Waals surface area contributed by atoms with Crippen molar-refractivity contribution in [3.05, 3.63) is 78.3 Å². The van der Waals surface area contributed by atoms with Gasteiger partial charge >= 0.3 is 0 Å². The second kappa shape index (κ2) is 12.4. The molecular weight excluding hydrogens is 675 g/mol. The van der Waals surface area contributed by atoms with Gasteiger partial charge in [0.1, 0.15) is 5.65 Å². The molecule has 0 atom stereocenters. The number of benzene rings is 2. The van der Waals surface area contributed by atoms with Crippen LogP contribution in [0, 0.1) is 24.8 Å². The van der Waals surface area contributed by atoms with E-state index in [1.807, 2.05) is 33.9 Å². The van der Waals surface area contributed by atoms with E-state index >= 15 is 0 Å². The van der Waals surface area contributed by atoms with E-state index < -0.39 is 0 Å². The van der Waals surface area contributed by atoms with Crippen molar-refractivity contribution < 1.29 is 30.0 Å². The average molecular weight is 711 g/mol. The van der Waals surface area contributed by atoms with Crippen molar-refractivity contribution in [2.24, 2.45) is 11.8 Å². The first-order chi connectivity index (χ1) is 18.9. The minimum atomic E-state index is 0. The van der Waals surface area contributed by atoms with Gasteiger partial charge in [-0.2, -0.15) is 0 Å². The van der Waals surface area contributed by atoms with Gasteiger partial charge in [-0.25, -0.2) is 4.98 Å². The Morgan fingerprint density at radius 3 is 2.35 bits per heavy atom. The van der Waals surface area contributed by atoms with Crippen LogP contribution in [0.25, 0.3) is 49.1 Å². The maximum absolute atomic E-state index is 11.7. The number of aliphatic hydroxyl groups is 1. The summed E-state index contributed by atoms with van der Waals surface area (Å²) < 4.78 is 2.25. The second-order valence-corrected chi connectivity index (χ2v) is 10.3. The summed E-state index contributed by atoms with van der Waals surface area (Å²) in [4.78, 5) is 21.2. The van der Waals surface area contributed by atoms with Gasteiger partial charge in [0.05, 0.1) is 11.5 Å². The molecule has 0 spiro atoms. The number of aromatic nitrogens is 3. The average Bonchev–Trinajstić information content (AvgIpc) is 3.30. The number of pyridine rings is 3. The second-order valence-electron chi connectivity index (χ2n) is 10.3. The number of carbonyl (C=O) groups is 1. The Morgan fingerprint density at radius 1 is 0.950 bits per heavy atom. The maximum Gasteiger partial charge on any atom is 0.162 e. The van der Waals surface area contributed by atoms with E-state index in [4.69, 9.17) is 9.97 Å². The molecule has 4 aromatic heterocycles. The van der Waals surface area contributed by atoms with Gasteiger partial charge < -0.3 is 9.51 Å². The molecule has 6 aromatic rings.